The molecule has 0 heterocycles. The predicted octanol–water partition coefficient (Wildman–Crippen LogP) is 1.94. The van der Waals surface area contributed by atoms with Gasteiger partial charge in [0.2, 0.25) is 0 Å². The van der Waals surface area contributed by atoms with Crippen LogP contribution in [-0.2, 0) is 0 Å². The summed E-state index contributed by atoms with van der Waals surface area (Å²) < 4.78 is 5.08. The number of anilines is 1. The third-order valence-corrected chi connectivity index (χ3v) is 2.64. The quantitative estimate of drug-likeness (QED) is 0.385. The number of hydrogen-bond donors (Lipinski definition) is 4. The van der Waals surface area contributed by atoms with E-state index in [9.17, 15) is 0 Å². The zero-order chi connectivity index (χ0) is 15.0. The molecule has 5 nitrogen and oxygen atoms in total. The van der Waals surface area contributed by atoms with Crippen LogP contribution >= 0.6 is 24.4 Å². The van der Waals surface area contributed by atoms with E-state index >= 15 is 0 Å². The van der Waals surface area contributed by atoms with Crippen LogP contribution in [0.25, 0.3) is 0 Å². The lowest BCUT2D eigenvalue weighted by atomic mass is 10.3. The van der Waals surface area contributed by atoms with Crippen LogP contribution < -0.4 is 26.2 Å². The van der Waals surface area contributed by atoms with Crippen LogP contribution in [0.5, 0.6) is 5.75 Å². The van der Waals surface area contributed by atoms with Gasteiger partial charge in [0.25, 0.3) is 0 Å². The molecule has 0 saturated heterocycles. The molecule has 1 aromatic rings. The van der Waals surface area contributed by atoms with E-state index in [0.717, 1.165) is 17.0 Å². The van der Waals surface area contributed by atoms with Crippen molar-refractivity contribution in [3.05, 3.63) is 36.4 Å². The molecule has 7 heteroatoms. The molecular formula is C13H18N4OS2. The van der Waals surface area contributed by atoms with Gasteiger partial charge in [-0.25, -0.2) is 0 Å². The van der Waals surface area contributed by atoms with Gasteiger partial charge in [-0.1, -0.05) is 12.2 Å². The first-order chi connectivity index (χ1) is 9.51. The fraction of sp³-hybridized carbons (Fsp3) is 0.231. The second-order valence-corrected chi connectivity index (χ2v) is 4.89. The Hall–Kier alpha value is -1.86. The van der Waals surface area contributed by atoms with E-state index in [2.05, 4.69) is 28.1 Å². The Kier molecular flexibility index (Phi) is 6.75. The Balaban J connectivity index is 2.32. The fourth-order valence-electron chi connectivity index (χ4n) is 1.23. The molecule has 0 aliphatic heterocycles. The first-order valence-corrected chi connectivity index (χ1v) is 6.72. The molecule has 0 fully saturated rings. The summed E-state index contributed by atoms with van der Waals surface area (Å²) in [6, 6.07) is 7.42. The standard InChI is InChI=1S/C13H18N4OS2/c1-9(2)8-14-12(19)16-17-13(20)15-10-4-6-11(18-3)7-5-10/h4-7H,1,8H2,2-3H3,(H2,14,16,19)(H2,15,17,20). The summed E-state index contributed by atoms with van der Waals surface area (Å²) in [6.45, 7) is 6.31. The van der Waals surface area contributed by atoms with E-state index in [0.29, 0.717) is 16.8 Å². The molecule has 0 saturated carbocycles. The van der Waals surface area contributed by atoms with Crippen molar-refractivity contribution in [3.8, 4) is 5.75 Å². The fourth-order valence-corrected chi connectivity index (χ4v) is 1.52. The number of methoxy groups -OCH3 is 1. The summed E-state index contributed by atoms with van der Waals surface area (Å²) in [5.74, 6) is 0.790. The largest absolute Gasteiger partial charge is 0.497 e. The van der Waals surface area contributed by atoms with Crippen LogP contribution in [0.4, 0.5) is 5.69 Å². The van der Waals surface area contributed by atoms with E-state index in [4.69, 9.17) is 29.2 Å². The first-order valence-electron chi connectivity index (χ1n) is 5.90. The van der Waals surface area contributed by atoms with Crippen molar-refractivity contribution in [3.63, 3.8) is 0 Å². The van der Waals surface area contributed by atoms with Crippen LogP contribution in [0, 0.1) is 0 Å². The summed E-state index contributed by atoms with van der Waals surface area (Å²) in [6.07, 6.45) is 0. The van der Waals surface area contributed by atoms with Gasteiger partial charge in [0.05, 0.1) is 7.11 Å². The van der Waals surface area contributed by atoms with Crippen LogP contribution in [0.3, 0.4) is 0 Å². The molecule has 20 heavy (non-hydrogen) atoms. The van der Waals surface area contributed by atoms with Crippen molar-refractivity contribution >= 4 is 40.3 Å². The highest BCUT2D eigenvalue weighted by Crippen LogP contribution is 2.14. The zero-order valence-electron chi connectivity index (χ0n) is 11.4. The number of rotatable bonds is 4. The maximum Gasteiger partial charge on any atom is 0.189 e. The molecule has 0 atom stereocenters. The summed E-state index contributed by atoms with van der Waals surface area (Å²) in [4.78, 5) is 0. The van der Waals surface area contributed by atoms with E-state index < -0.39 is 0 Å². The van der Waals surface area contributed by atoms with Crippen LogP contribution in [-0.4, -0.2) is 23.9 Å². The maximum atomic E-state index is 5.13. The van der Waals surface area contributed by atoms with Gasteiger partial charge in [0, 0.05) is 12.2 Å². The van der Waals surface area contributed by atoms with Gasteiger partial charge in [0.1, 0.15) is 5.75 Å². The number of hydrogen-bond acceptors (Lipinski definition) is 3. The van der Waals surface area contributed by atoms with Crippen LogP contribution in [0.2, 0.25) is 0 Å². The molecule has 0 radical (unpaired) electrons. The smallest absolute Gasteiger partial charge is 0.189 e. The van der Waals surface area contributed by atoms with Crippen molar-refractivity contribution in [2.24, 2.45) is 0 Å². The Morgan fingerprint density at radius 3 is 2.30 bits per heavy atom. The van der Waals surface area contributed by atoms with Gasteiger partial charge >= 0.3 is 0 Å². The highest BCUT2D eigenvalue weighted by Gasteiger charge is 1.99. The summed E-state index contributed by atoms with van der Waals surface area (Å²) in [7, 11) is 1.62. The predicted molar refractivity (Wildman–Crippen MR) is 90.9 cm³/mol. The highest BCUT2D eigenvalue weighted by atomic mass is 32.1. The van der Waals surface area contributed by atoms with Crippen LogP contribution in [0.1, 0.15) is 6.92 Å². The lowest BCUT2D eigenvalue weighted by molar-refractivity contribution is 0.415. The normalized spacial score (nSPS) is 9.30. The highest BCUT2D eigenvalue weighted by molar-refractivity contribution is 7.80. The lowest BCUT2D eigenvalue weighted by Crippen LogP contribution is -2.48. The van der Waals surface area contributed by atoms with Crippen molar-refractivity contribution in [2.75, 3.05) is 19.0 Å². The second-order valence-electron chi connectivity index (χ2n) is 4.07. The van der Waals surface area contributed by atoms with Crippen molar-refractivity contribution in [2.45, 2.75) is 6.92 Å². The third kappa shape index (κ3) is 6.35. The average Bonchev–Trinajstić information content (AvgIpc) is 2.43. The number of ether oxygens (including phenoxy) is 1. The van der Waals surface area contributed by atoms with Crippen molar-refractivity contribution in [1.82, 2.24) is 16.2 Å². The van der Waals surface area contributed by atoms with Gasteiger partial charge in [0.15, 0.2) is 10.2 Å². The SMILES string of the molecule is C=C(C)CNC(=S)NNC(=S)Nc1ccc(OC)cc1. The van der Waals surface area contributed by atoms with E-state index in [-0.39, 0.29) is 0 Å². The number of thiocarbonyl (C=S) groups is 2. The second kappa shape index (κ2) is 8.34. The Morgan fingerprint density at radius 1 is 1.15 bits per heavy atom. The minimum atomic E-state index is 0.412. The van der Waals surface area contributed by atoms with Gasteiger partial charge in [-0.2, -0.15) is 0 Å². The third-order valence-electron chi connectivity index (χ3n) is 2.19. The number of nitrogens with one attached hydrogen (secondary N) is 4. The zero-order valence-corrected chi connectivity index (χ0v) is 13.1. The average molecular weight is 310 g/mol. The molecule has 0 amide bonds. The summed E-state index contributed by atoms with van der Waals surface area (Å²) >= 11 is 10.2. The lowest BCUT2D eigenvalue weighted by Gasteiger charge is -2.14. The number of benzene rings is 1. The van der Waals surface area contributed by atoms with E-state index in [1.54, 1.807) is 7.11 Å². The van der Waals surface area contributed by atoms with Gasteiger partial charge in [-0.3, -0.25) is 10.9 Å². The molecule has 0 spiro atoms. The van der Waals surface area contributed by atoms with Crippen molar-refractivity contribution < 1.29 is 4.74 Å². The van der Waals surface area contributed by atoms with Crippen LogP contribution in [0.15, 0.2) is 36.4 Å². The van der Waals surface area contributed by atoms with Gasteiger partial charge in [-0.05, 0) is 55.6 Å². The minimum Gasteiger partial charge on any atom is -0.497 e. The molecule has 4 N–H and O–H groups in total. The Bertz CT molecular complexity index is 488. The van der Waals surface area contributed by atoms with E-state index in [1.807, 2.05) is 31.2 Å². The molecule has 1 aromatic carbocycles. The molecular weight excluding hydrogens is 292 g/mol. The summed E-state index contributed by atoms with van der Waals surface area (Å²) in [5.41, 5.74) is 7.42. The monoisotopic (exact) mass is 310 g/mol. The molecule has 1 rings (SSSR count). The molecule has 0 bridgehead atoms. The molecule has 0 unspecified atom stereocenters. The molecule has 0 aromatic heterocycles. The Labute approximate surface area is 129 Å². The molecule has 108 valence electrons. The Morgan fingerprint density at radius 2 is 1.75 bits per heavy atom. The topological polar surface area (TPSA) is 57.3 Å². The van der Waals surface area contributed by atoms with Gasteiger partial charge in [-0.15, -0.1) is 0 Å². The molecule has 0 aliphatic rings. The van der Waals surface area contributed by atoms with Gasteiger partial charge < -0.3 is 15.4 Å². The van der Waals surface area contributed by atoms with E-state index in [1.165, 1.54) is 0 Å². The van der Waals surface area contributed by atoms with Crippen molar-refractivity contribution in [1.29, 1.82) is 0 Å². The maximum absolute atomic E-state index is 5.13. The summed E-state index contributed by atoms with van der Waals surface area (Å²) in [5, 5.41) is 6.84. The first kappa shape index (κ1) is 16.2. The molecule has 0 aliphatic carbocycles. The number of hydrazine groups is 1. The minimum absolute atomic E-state index is 0.412.